The second kappa shape index (κ2) is 6.42. The predicted octanol–water partition coefficient (Wildman–Crippen LogP) is 1.93. The first kappa shape index (κ1) is 17.1. The number of likely N-dealkylation sites (N-methyl/N-ethyl adjacent to an activating group) is 1. The average Bonchev–Trinajstić information content (AvgIpc) is 3.22. The molecule has 2 unspecified atom stereocenters. The molecule has 0 spiro atoms. The lowest BCUT2D eigenvalue weighted by Crippen LogP contribution is -2.64. The highest BCUT2D eigenvalue weighted by atomic mass is 16.2. The fourth-order valence-corrected chi connectivity index (χ4v) is 3.73. The van der Waals surface area contributed by atoms with Crippen LogP contribution in [0.1, 0.15) is 5.56 Å². The van der Waals surface area contributed by atoms with Crippen molar-refractivity contribution in [2.75, 3.05) is 20.1 Å². The third-order valence-electron chi connectivity index (χ3n) is 5.00. The van der Waals surface area contributed by atoms with E-state index in [1.54, 1.807) is 19.2 Å². The topological polar surface area (TPSA) is 59.5 Å². The lowest BCUT2D eigenvalue weighted by atomic mass is 10.1. The second-order valence-electron chi connectivity index (χ2n) is 6.61. The quantitative estimate of drug-likeness (QED) is 0.750. The standard InChI is InChI=1S/C20H21N5O2/c1-4-11-23-15(14-9-7-6-8-10-14)13-25-16-17(21-19(23)25)22(3)20(27)24(12-5-2)18(16)26/h4-10,13,16-17H,1-2,11-12H2,3H3. The van der Waals surface area contributed by atoms with Gasteiger partial charge in [-0.2, -0.15) is 0 Å². The monoisotopic (exact) mass is 363 g/mol. The van der Waals surface area contributed by atoms with E-state index in [0.29, 0.717) is 12.5 Å². The third kappa shape index (κ3) is 2.46. The second-order valence-corrected chi connectivity index (χ2v) is 6.61. The van der Waals surface area contributed by atoms with E-state index in [0.717, 1.165) is 11.3 Å². The van der Waals surface area contributed by atoms with Crippen molar-refractivity contribution in [3.05, 3.63) is 67.4 Å². The van der Waals surface area contributed by atoms with E-state index in [9.17, 15) is 9.59 Å². The van der Waals surface area contributed by atoms with Crippen LogP contribution in [0.2, 0.25) is 0 Å². The van der Waals surface area contributed by atoms with E-state index in [-0.39, 0.29) is 18.5 Å². The number of amides is 3. The molecule has 0 radical (unpaired) electrons. The van der Waals surface area contributed by atoms with Crippen LogP contribution in [0.5, 0.6) is 0 Å². The summed E-state index contributed by atoms with van der Waals surface area (Å²) in [4.78, 5) is 36.9. The zero-order valence-corrected chi connectivity index (χ0v) is 15.2. The molecule has 1 saturated heterocycles. The number of rotatable bonds is 5. The van der Waals surface area contributed by atoms with Gasteiger partial charge in [-0.1, -0.05) is 42.5 Å². The van der Waals surface area contributed by atoms with E-state index in [2.05, 4.69) is 13.2 Å². The van der Waals surface area contributed by atoms with Crippen molar-refractivity contribution >= 4 is 23.6 Å². The Bertz CT molecular complexity index is 876. The van der Waals surface area contributed by atoms with Gasteiger partial charge in [-0.3, -0.25) is 9.69 Å². The molecule has 0 aliphatic carbocycles. The van der Waals surface area contributed by atoms with Gasteiger partial charge in [0.05, 0.1) is 5.70 Å². The predicted molar refractivity (Wildman–Crippen MR) is 103 cm³/mol. The molecule has 1 aromatic rings. The van der Waals surface area contributed by atoms with E-state index in [1.165, 1.54) is 9.80 Å². The van der Waals surface area contributed by atoms with Gasteiger partial charge in [0.2, 0.25) is 5.96 Å². The van der Waals surface area contributed by atoms with Crippen molar-refractivity contribution in [2.24, 2.45) is 4.99 Å². The highest BCUT2D eigenvalue weighted by Crippen LogP contribution is 2.37. The first-order chi connectivity index (χ1) is 13.1. The van der Waals surface area contributed by atoms with Crippen LogP contribution >= 0.6 is 0 Å². The van der Waals surface area contributed by atoms with Crippen molar-refractivity contribution in [2.45, 2.75) is 12.2 Å². The molecule has 4 rings (SSSR count). The normalized spacial score (nSPS) is 23.9. The Hall–Kier alpha value is -3.35. The summed E-state index contributed by atoms with van der Waals surface area (Å²) < 4.78 is 0. The van der Waals surface area contributed by atoms with Crippen LogP contribution in [0.3, 0.4) is 0 Å². The highest BCUT2D eigenvalue weighted by Gasteiger charge is 2.54. The Labute approximate surface area is 158 Å². The third-order valence-corrected chi connectivity index (χ3v) is 5.00. The van der Waals surface area contributed by atoms with Gasteiger partial charge in [-0.15, -0.1) is 13.2 Å². The minimum absolute atomic E-state index is 0.181. The van der Waals surface area contributed by atoms with Crippen molar-refractivity contribution in [3.63, 3.8) is 0 Å². The van der Waals surface area contributed by atoms with E-state index in [4.69, 9.17) is 4.99 Å². The molecule has 0 aromatic heterocycles. The smallest absolute Gasteiger partial charge is 0.306 e. The largest absolute Gasteiger partial charge is 0.328 e. The molecule has 3 aliphatic rings. The number of fused-ring (bicyclic) bond motifs is 3. The van der Waals surface area contributed by atoms with Gasteiger partial charge in [0.1, 0.15) is 0 Å². The van der Waals surface area contributed by atoms with Gasteiger partial charge in [0.25, 0.3) is 5.91 Å². The van der Waals surface area contributed by atoms with Gasteiger partial charge in [-0.05, 0) is 5.56 Å². The average molecular weight is 363 g/mol. The number of hydrogen-bond donors (Lipinski definition) is 0. The van der Waals surface area contributed by atoms with Crippen LogP contribution in [0.25, 0.3) is 5.70 Å². The molecule has 0 bridgehead atoms. The summed E-state index contributed by atoms with van der Waals surface area (Å²) in [6, 6.07) is 9.02. The molecule has 0 N–H and O–H groups in total. The molecule has 1 aromatic carbocycles. The lowest BCUT2D eigenvalue weighted by Gasteiger charge is -2.39. The van der Waals surface area contributed by atoms with Gasteiger partial charge < -0.3 is 14.7 Å². The molecule has 7 nitrogen and oxygen atoms in total. The number of nitrogens with zero attached hydrogens (tertiary/aromatic N) is 5. The maximum Gasteiger partial charge on any atom is 0.328 e. The Morgan fingerprint density at radius 3 is 2.41 bits per heavy atom. The van der Waals surface area contributed by atoms with Crippen LogP contribution in [0.15, 0.2) is 66.8 Å². The molecule has 3 heterocycles. The number of guanidine groups is 1. The number of hydrogen-bond acceptors (Lipinski definition) is 5. The zero-order valence-electron chi connectivity index (χ0n) is 15.2. The number of aliphatic imine (C=N–C) groups is 1. The number of urea groups is 1. The summed E-state index contributed by atoms with van der Waals surface area (Å²) in [5, 5.41) is 0. The van der Waals surface area contributed by atoms with Crippen LogP contribution in [0, 0.1) is 0 Å². The molecule has 27 heavy (non-hydrogen) atoms. The first-order valence-electron chi connectivity index (χ1n) is 8.79. The van der Waals surface area contributed by atoms with Crippen LogP contribution in [-0.4, -0.2) is 69.8 Å². The maximum absolute atomic E-state index is 13.1. The number of carbonyl (C=O) groups is 2. The van der Waals surface area contributed by atoms with Gasteiger partial charge in [0.15, 0.2) is 12.2 Å². The Morgan fingerprint density at radius 1 is 1.07 bits per heavy atom. The summed E-state index contributed by atoms with van der Waals surface area (Å²) >= 11 is 0. The van der Waals surface area contributed by atoms with Crippen molar-refractivity contribution in [1.82, 2.24) is 19.6 Å². The number of imide groups is 1. The minimum atomic E-state index is -0.573. The summed E-state index contributed by atoms with van der Waals surface area (Å²) in [7, 11) is 1.68. The van der Waals surface area contributed by atoms with Crippen LogP contribution < -0.4 is 0 Å². The van der Waals surface area contributed by atoms with E-state index < -0.39 is 12.2 Å². The van der Waals surface area contributed by atoms with Crippen molar-refractivity contribution in [3.8, 4) is 0 Å². The minimum Gasteiger partial charge on any atom is -0.306 e. The maximum atomic E-state index is 13.1. The van der Waals surface area contributed by atoms with Crippen molar-refractivity contribution < 1.29 is 9.59 Å². The van der Waals surface area contributed by atoms with Gasteiger partial charge >= 0.3 is 6.03 Å². The molecular formula is C20H21N5O2. The summed E-state index contributed by atoms with van der Waals surface area (Å²) in [6.07, 6.45) is 4.75. The molecule has 3 aliphatic heterocycles. The summed E-state index contributed by atoms with van der Waals surface area (Å²) in [5.41, 5.74) is 1.99. The zero-order chi connectivity index (χ0) is 19.1. The Balaban J connectivity index is 1.76. The van der Waals surface area contributed by atoms with Crippen LogP contribution in [0.4, 0.5) is 4.79 Å². The number of benzene rings is 1. The molecule has 1 fully saturated rings. The SMILES string of the molecule is C=CCN1C(=O)C2C(N=C3N(CC=C)C(c4ccccc4)=CN32)N(C)C1=O. The van der Waals surface area contributed by atoms with Crippen LogP contribution in [-0.2, 0) is 4.79 Å². The highest BCUT2D eigenvalue weighted by molar-refractivity contribution is 6.07. The summed E-state index contributed by atoms with van der Waals surface area (Å²) in [5.74, 6) is 0.406. The molecule has 2 atom stereocenters. The molecule has 3 amide bonds. The number of carbonyl (C=O) groups excluding carboxylic acids is 2. The molecular weight excluding hydrogens is 342 g/mol. The molecule has 7 heteroatoms. The Morgan fingerprint density at radius 2 is 1.74 bits per heavy atom. The lowest BCUT2D eigenvalue weighted by molar-refractivity contribution is -0.136. The van der Waals surface area contributed by atoms with Crippen molar-refractivity contribution in [1.29, 1.82) is 0 Å². The Kier molecular flexibility index (Phi) is 4.07. The first-order valence-corrected chi connectivity index (χ1v) is 8.79. The fourth-order valence-electron chi connectivity index (χ4n) is 3.73. The molecule has 0 saturated carbocycles. The van der Waals surface area contributed by atoms with Gasteiger partial charge in [0, 0.05) is 26.3 Å². The summed E-state index contributed by atoms with van der Waals surface area (Å²) in [6.45, 7) is 8.23. The van der Waals surface area contributed by atoms with E-state index >= 15 is 0 Å². The van der Waals surface area contributed by atoms with Gasteiger partial charge in [-0.25, -0.2) is 9.79 Å². The molecule has 138 valence electrons. The fraction of sp³-hybridized carbons (Fsp3) is 0.250. The van der Waals surface area contributed by atoms with E-state index in [1.807, 2.05) is 46.3 Å².